The Hall–Kier alpha value is -2.11. The number of hydrogen-bond acceptors (Lipinski definition) is 6. The molecular weight excluding hydrogens is 661 g/mol. The van der Waals surface area contributed by atoms with Gasteiger partial charge in [0, 0.05) is 19.3 Å². The minimum atomic E-state index is -0.776. The molecule has 0 N–H and O–H groups in total. The third-order valence-corrected chi connectivity index (χ3v) is 9.93. The smallest absolute Gasteiger partial charge is 0.306 e. The molecule has 0 amide bonds. The highest BCUT2D eigenvalue weighted by Crippen LogP contribution is 2.14. The molecule has 0 rings (SSSR count). The number of carbonyl (C=O) groups excluding carboxylic acids is 3. The largest absolute Gasteiger partial charge is 0.462 e. The second-order valence-corrected chi connectivity index (χ2v) is 15.3. The van der Waals surface area contributed by atoms with Crippen molar-refractivity contribution in [1.29, 1.82) is 0 Å². The van der Waals surface area contributed by atoms with Gasteiger partial charge in [0.1, 0.15) is 13.2 Å². The Kier molecular flexibility index (Phi) is 40.9. The summed E-state index contributed by atoms with van der Waals surface area (Å²) in [6, 6.07) is 0. The monoisotopic (exact) mass is 747 g/mol. The first kappa shape index (κ1) is 50.9. The summed E-state index contributed by atoms with van der Waals surface area (Å²) in [7, 11) is 0. The molecule has 0 saturated heterocycles. The Balaban J connectivity index is 4.34. The molecule has 53 heavy (non-hydrogen) atoms. The Labute approximate surface area is 328 Å². The van der Waals surface area contributed by atoms with E-state index in [-0.39, 0.29) is 31.1 Å². The fourth-order valence-electron chi connectivity index (χ4n) is 6.44. The van der Waals surface area contributed by atoms with Crippen molar-refractivity contribution in [3.05, 3.63) is 24.3 Å². The van der Waals surface area contributed by atoms with Gasteiger partial charge in [-0.15, -0.1) is 0 Å². The highest BCUT2D eigenvalue weighted by molar-refractivity contribution is 5.71. The molecule has 0 heterocycles. The maximum Gasteiger partial charge on any atom is 0.306 e. The van der Waals surface area contributed by atoms with E-state index >= 15 is 0 Å². The van der Waals surface area contributed by atoms with Crippen LogP contribution in [0, 0.1) is 0 Å². The van der Waals surface area contributed by atoms with Crippen LogP contribution in [0.4, 0.5) is 0 Å². The lowest BCUT2D eigenvalue weighted by Gasteiger charge is -2.18. The topological polar surface area (TPSA) is 78.9 Å². The molecule has 1 atom stereocenters. The van der Waals surface area contributed by atoms with Crippen LogP contribution in [0.2, 0.25) is 0 Å². The normalized spacial score (nSPS) is 12.1. The van der Waals surface area contributed by atoms with Crippen molar-refractivity contribution in [3.8, 4) is 0 Å². The van der Waals surface area contributed by atoms with Crippen LogP contribution < -0.4 is 0 Å². The minimum Gasteiger partial charge on any atom is -0.462 e. The highest BCUT2D eigenvalue weighted by atomic mass is 16.6. The summed E-state index contributed by atoms with van der Waals surface area (Å²) in [6.45, 7) is 6.55. The predicted octanol–water partition coefficient (Wildman–Crippen LogP) is 14.4. The van der Waals surface area contributed by atoms with Crippen LogP contribution in [0.25, 0.3) is 0 Å². The number of ether oxygens (including phenoxy) is 3. The summed E-state index contributed by atoms with van der Waals surface area (Å²) in [4.78, 5) is 37.6. The van der Waals surface area contributed by atoms with Gasteiger partial charge in [0.2, 0.25) is 0 Å². The molecule has 0 fully saturated rings. The maximum atomic E-state index is 12.7. The average molecular weight is 747 g/mol. The van der Waals surface area contributed by atoms with Gasteiger partial charge in [-0.2, -0.15) is 0 Å². The van der Waals surface area contributed by atoms with Crippen LogP contribution in [0.3, 0.4) is 0 Å². The van der Waals surface area contributed by atoms with Gasteiger partial charge in [-0.3, -0.25) is 14.4 Å². The van der Waals surface area contributed by atoms with Crippen molar-refractivity contribution < 1.29 is 28.6 Å². The third kappa shape index (κ3) is 40.9. The number of hydrogen-bond donors (Lipinski definition) is 0. The van der Waals surface area contributed by atoms with Crippen LogP contribution in [-0.4, -0.2) is 37.2 Å². The van der Waals surface area contributed by atoms with E-state index in [9.17, 15) is 14.4 Å². The summed E-state index contributed by atoms with van der Waals surface area (Å²) in [5.41, 5.74) is 0. The summed E-state index contributed by atoms with van der Waals surface area (Å²) >= 11 is 0. The molecule has 0 saturated carbocycles. The fourth-order valence-corrected chi connectivity index (χ4v) is 6.44. The first-order valence-corrected chi connectivity index (χ1v) is 22.8. The van der Waals surface area contributed by atoms with Crippen molar-refractivity contribution in [2.45, 2.75) is 245 Å². The standard InChI is InChI=1S/C47H86O6/c1-4-7-10-13-16-19-21-22-23-24-26-28-31-34-37-40-46(49)52-43-44(42-51-45(48)39-36-33-30-27-18-15-12-9-6-3)53-47(50)41-38-35-32-29-25-20-17-14-11-8-5-2/h19,21,27,30,44H,4-18,20,22-26,28-29,31-43H2,1-3H3/b21-19-,30-27-. The summed E-state index contributed by atoms with van der Waals surface area (Å²) < 4.78 is 16.6. The first-order chi connectivity index (χ1) is 26.0. The fraction of sp³-hybridized carbons (Fsp3) is 0.851. The van der Waals surface area contributed by atoms with Crippen molar-refractivity contribution in [1.82, 2.24) is 0 Å². The number of unbranched alkanes of at least 4 members (excludes halogenated alkanes) is 26. The third-order valence-electron chi connectivity index (χ3n) is 9.93. The Bertz CT molecular complexity index is 865. The number of carbonyl (C=O) groups is 3. The Morgan fingerprint density at radius 2 is 0.642 bits per heavy atom. The summed E-state index contributed by atoms with van der Waals surface area (Å²) in [5.74, 6) is -0.917. The van der Waals surface area contributed by atoms with Gasteiger partial charge in [0.05, 0.1) is 0 Å². The van der Waals surface area contributed by atoms with E-state index in [1.54, 1.807) is 0 Å². The predicted molar refractivity (Wildman–Crippen MR) is 224 cm³/mol. The zero-order valence-electron chi connectivity index (χ0n) is 35.3. The van der Waals surface area contributed by atoms with E-state index in [0.717, 1.165) is 57.8 Å². The molecule has 0 radical (unpaired) electrons. The molecule has 1 unspecified atom stereocenters. The van der Waals surface area contributed by atoms with Crippen molar-refractivity contribution in [3.63, 3.8) is 0 Å². The van der Waals surface area contributed by atoms with E-state index in [0.29, 0.717) is 19.3 Å². The summed E-state index contributed by atoms with van der Waals surface area (Å²) in [6.07, 6.45) is 45.9. The van der Waals surface area contributed by atoms with E-state index in [1.165, 1.54) is 141 Å². The second-order valence-electron chi connectivity index (χ2n) is 15.3. The molecule has 0 aliphatic rings. The Morgan fingerprint density at radius 3 is 1.04 bits per heavy atom. The molecule has 0 aromatic rings. The second kappa shape index (κ2) is 42.6. The zero-order chi connectivity index (χ0) is 38.7. The van der Waals surface area contributed by atoms with Gasteiger partial charge in [-0.25, -0.2) is 0 Å². The van der Waals surface area contributed by atoms with Gasteiger partial charge in [-0.05, 0) is 64.2 Å². The molecule has 0 aliphatic heterocycles. The van der Waals surface area contributed by atoms with E-state index in [2.05, 4.69) is 45.1 Å². The lowest BCUT2D eigenvalue weighted by Crippen LogP contribution is -2.30. The van der Waals surface area contributed by atoms with Crippen LogP contribution >= 0.6 is 0 Å². The zero-order valence-corrected chi connectivity index (χ0v) is 35.3. The quantitative estimate of drug-likeness (QED) is 0.0268. The van der Waals surface area contributed by atoms with E-state index in [4.69, 9.17) is 14.2 Å². The molecule has 0 aromatic carbocycles. The van der Waals surface area contributed by atoms with Crippen molar-refractivity contribution >= 4 is 17.9 Å². The molecule has 6 heteroatoms. The number of rotatable bonds is 41. The highest BCUT2D eigenvalue weighted by Gasteiger charge is 2.19. The van der Waals surface area contributed by atoms with Crippen LogP contribution in [-0.2, 0) is 28.6 Å². The van der Waals surface area contributed by atoms with Gasteiger partial charge in [0.25, 0.3) is 0 Å². The molecule has 310 valence electrons. The van der Waals surface area contributed by atoms with E-state index < -0.39 is 6.10 Å². The van der Waals surface area contributed by atoms with Crippen LogP contribution in [0.5, 0.6) is 0 Å². The summed E-state index contributed by atoms with van der Waals surface area (Å²) in [5, 5.41) is 0. The Morgan fingerprint density at radius 1 is 0.358 bits per heavy atom. The number of esters is 3. The van der Waals surface area contributed by atoms with Crippen LogP contribution in [0.15, 0.2) is 24.3 Å². The van der Waals surface area contributed by atoms with Gasteiger partial charge in [-0.1, -0.05) is 180 Å². The first-order valence-electron chi connectivity index (χ1n) is 22.8. The van der Waals surface area contributed by atoms with Crippen molar-refractivity contribution in [2.24, 2.45) is 0 Å². The SMILES string of the molecule is CCCCCC/C=C\CCCCCCCCCC(=O)OCC(COC(=O)CCC/C=C\CCCCCC)OC(=O)CCCCCCCCCCCCC. The maximum absolute atomic E-state index is 12.7. The molecule has 0 bridgehead atoms. The van der Waals surface area contributed by atoms with Crippen LogP contribution in [0.1, 0.15) is 239 Å². The average Bonchev–Trinajstić information content (AvgIpc) is 3.15. The molecule has 0 aliphatic carbocycles. The molecular formula is C47H86O6. The van der Waals surface area contributed by atoms with Crippen molar-refractivity contribution in [2.75, 3.05) is 13.2 Å². The molecule has 0 aromatic heterocycles. The van der Waals surface area contributed by atoms with E-state index in [1.807, 2.05) is 0 Å². The lowest BCUT2D eigenvalue weighted by molar-refractivity contribution is -0.167. The lowest BCUT2D eigenvalue weighted by atomic mass is 10.1. The molecule has 0 spiro atoms. The molecule has 6 nitrogen and oxygen atoms in total. The minimum absolute atomic E-state index is 0.0793. The number of allylic oxidation sites excluding steroid dienone is 4. The van der Waals surface area contributed by atoms with Gasteiger partial charge >= 0.3 is 17.9 Å². The van der Waals surface area contributed by atoms with Gasteiger partial charge < -0.3 is 14.2 Å². The van der Waals surface area contributed by atoms with Gasteiger partial charge in [0.15, 0.2) is 6.10 Å².